The van der Waals surface area contributed by atoms with Crippen LogP contribution in [0.3, 0.4) is 0 Å². The third kappa shape index (κ3) is 7.45. The van der Waals surface area contributed by atoms with Crippen molar-refractivity contribution >= 4 is 29.6 Å². The number of nitrogens with zero attached hydrogens (tertiary/aromatic N) is 2. The molecule has 29 heavy (non-hydrogen) atoms. The summed E-state index contributed by atoms with van der Waals surface area (Å²) >= 11 is 0. The molecule has 0 aromatic heterocycles. The van der Waals surface area contributed by atoms with Gasteiger partial charge in [0, 0.05) is 45.2 Å². The lowest BCUT2D eigenvalue weighted by Crippen LogP contribution is -2.41. The van der Waals surface area contributed by atoms with Crippen LogP contribution in [-0.4, -0.2) is 71.8 Å². The van der Waals surface area contributed by atoms with Gasteiger partial charge in [-0.25, -0.2) is 4.79 Å². The Kier molecular flexibility index (Phi) is 6.47. The summed E-state index contributed by atoms with van der Waals surface area (Å²) in [5, 5.41) is 5.49. The predicted molar refractivity (Wildman–Crippen MR) is 102 cm³/mol. The first-order valence-electron chi connectivity index (χ1n) is 12.1. The molecule has 2 aliphatic rings. The Labute approximate surface area is 177 Å². The van der Waals surface area contributed by atoms with E-state index < -0.39 is 36.9 Å². The van der Waals surface area contributed by atoms with Crippen molar-refractivity contribution in [1.29, 1.82) is 0 Å². The van der Waals surface area contributed by atoms with Gasteiger partial charge >= 0.3 is 5.97 Å². The number of hydrogen-bond acceptors (Lipinski definition) is 7. The number of carbonyl (C=O) groups is 5. The molecular weight excluding hydrogens is 389 g/mol. The molecule has 2 fully saturated rings. The largest absolute Gasteiger partial charge is 0.355 e. The van der Waals surface area contributed by atoms with E-state index in [1.807, 2.05) is 0 Å². The number of hydrogen-bond donors (Lipinski definition) is 2. The van der Waals surface area contributed by atoms with E-state index in [0.29, 0.717) is 18.0 Å². The zero-order chi connectivity index (χ0) is 25.5. The van der Waals surface area contributed by atoms with Crippen LogP contribution in [0.2, 0.25) is 0 Å². The number of imide groups is 1. The van der Waals surface area contributed by atoms with Gasteiger partial charge in [-0.1, -0.05) is 13.2 Å². The van der Waals surface area contributed by atoms with Gasteiger partial charge in [-0.3, -0.25) is 24.1 Å². The van der Waals surface area contributed by atoms with E-state index >= 15 is 0 Å². The van der Waals surface area contributed by atoms with E-state index in [-0.39, 0.29) is 63.7 Å². The van der Waals surface area contributed by atoms with Crippen molar-refractivity contribution in [1.82, 2.24) is 20.6 Å². The van der Waals surface area contributed by atoms with Crippen molar-refractivity contribution in [2.45, 2.75) is 64.2 Å². The second kappa shape index (κ2) is 11.5. The van der Waals surface area contributed by atoms with Crippen LogP contribution in [0.5, 0.6) is 0 Å². The maximum absolute atomic E-state index is 12.2. The molecule has 2 heterocycles. The average Bonchev–Trinajstić information content (AvgIpc) is 3.27. The fraction of sp³-hybridized carbons (Fsp3) is 0.737. The molecule has 0 aromatic carbocycles. The van der Waals surface area contributed by atoms with Gasteiger partial charge in [0.1, 0.15) is 0 Å². The second-order valence-electron chi connectivity index (χ2n) is 6.89. The van der Waals surface area contributed by atoms with Crippen molar-refractivity contribution in [3.05, 3.63) is 0 Å². The number of hydroxylamine groups is 2. The second-order valence-corrected chi connectivity index (χ2v) is 6.89. The van der Waals surface area contributed by atoms with E-state index in [9.17, 15) is 24.0 Å². The SMILES string of the molecule is [2H][13C]([2H])([2H])[13C]([2H])([2H])CC1CCC[15N]1[13CH2][13C](=O)NCCC(=O)[15NH][13CH2][13CH2][13C](=O)ON1C(=O)CCC1=O. The highest BCUT2D eigenvalue weighted by Gasteiger charge is 2.32. The quantitative estimate of drug-likeness (QED) is 0.269. The number of likely N-dealkylation sites (tertiary alicyclic amines) is 1. The van der Waals surface area contributed by atoms with Crippen molar-refractivity contribution in [2.75, 3.05) is 26.2 Å². The summed E-state index contributed by atoms with van der Waals surface area (Å²) < 4.78 is 37.6. The van der Waals surface area contributed by atoms with Crippen molar-refractivity contribution in [3.63, 3.8) is 0 Å². The maximum atomic E-state index is 12.2. The van der Waals surface area contributed by atoms with Gasteiger partial charge in [-0.05, 0) is 25.8 Å². The summed E-state index contributed by atoms with van der Waals surface area (Å²) in [6.07, 6.45) is -1.50. The first-order valence-corrected chi connectivity index (χ1v) is 9.64. The molecule has 2 N–H and O–H groups in total. The highest BCUT2D eigenvalue weighted by molar-refractivity contribution is 6.01. The normalized spacial score (nSPS) is 23.0. The molecular formula is C19H30N4O6. The molecule has 0 bridgehead atoms. The van der Waals surface area contributed by atoms with Gasteiger partial charge < -0.3 is 15.5 Å². The first-order chi connectivity index (χ1) is 15.8. The summed E-state index contributed by atoms with van der Waals surface area (Å²) in [6, 6.07) is -0.352. The maximum Gasteiger partial charge on any atom is 0.334 e. The molecule has 1 unspecified atom stereocenters. The summed E-state index contributed by atoms with van der Waals surface area (Å²) in [5.74, 6) is -2.80. The lowest BCUT2D eigenvalue weighted by molar-refractivity contribution is -0.197. The summed E-state index contributed by atoms with van der Waals surface area (Å²) in [4.78, 5) is 64.9. The predicted octanol–water partition coefficient (Wildman–Crippen LogP) is -0.129. The van der Waals surface area contributed by atoms with E-state index in [4.69, 9.17) is 6.85 Å². The summed E-state index contributed by atoms with van der Waals surface area (Å²) in [5.41, 5.74) is 0. The third-order valence-corrected chi connectivity index (χ3v) is 4.71. The lowest BCUT2D eigenvalue weighted by Gasteiger charge is -2.23. The number of rotatable bonds is 11. The molecule has 2 aliphatic heterocycles. The minimum atomic E-state index is -2.74. The molecule has 0 aliphatic carbocycles. The molecule has 1 atom stereocenters. The Morgan fingerprint density at radius 3 is 2.55 bits per heavy atom. The molecule has 10 heteroatoms. The average molecular weight is 424 g/mol. The Hall–Kier alpha value is -2.49. The first kappa shape index (κ1) is 16.3. The van der Waals surface area contributed by atoms with E-state index in [1.165, 1.54) is 0 Å². The third-order valence-electron chi connectivity index (χ3n) is 4.71. The van der Waals surface area contributed by atoms with Gasteiger partial charge in [0.05, 0.1) is 13.0 Å². The lowest BCUT2D eigenvalue weighted by atomic mass is 10.2. The van der Waals surface area contributed by atoms with Crippen molar-refractivity contribution in [3.8, 4) is 0 Å². The molecule has 10 nitrogen and oxygen atoms in total. The molecule has 0 spiro atoms. The fourth-order valence-electron chi connectivity index (χ4n) is 3.21. The van der Waals surface area contributed by atoms with E-state index in [2.05, 4.69) is 15.5 Å². The van der Waals surface area contributed by atoms with Crippen LogP contribution in [0.1, 0.15) is 65.0 Å². The Morgan fingerprint density at radius 1 is 1.14 bits per heavy atom. The van der Waals surface area contributed by atoms with Crippen LogP contribution in [-0.2, 0) is 28.8 Å². The molecule has 162 valence electrons. The molecule has 0 radical (unpaired) electrons. The molecule has 0 aromatic rings. The van der Waals surface area contributed by atoms with Crippen molar-refractivity contribution < 1.29 is 35.7 Å². The summed E-state index contributed by atoms with van der Waals surface area (Å²) in [7, 11) is 0. The Morgan fingerprint density at radius 2 is 1.83 bits per heavy atom. The number of carbonyl (C=O) groups excluding carboxylic acids is 5. The van der Waals surface area contributed by atoms with Crippen LogP contribution in [0.25, 0.3) is 0 Å². The summed E-state index contributed by atoms with van der Waals surface area (Å²) in [6.45, 7) is -2.23. The van der Waals surface area contributed by atoms with Crippen molar-refractivity contribution in [2.24, 2.45) is 0 Å². The fourth-order valence-corrected chi connectivity index (χ4v) is 3.21. The van der Waals surface area contributed by atoms with Crippen LogP contribution in [0.4, 0.5) is 0 Å². The smallest absolute Gasteiger partial charge is 0.334 e. The zero-order valence-electron chi connectivity index (χ0n) is 21.2. The van der Waals surface area contributed by atoms with Crippen LogP contribution >= 0.6 is 0 Å². The van der Waals surface area contributed by atoms with Gasteiger partial charge in [0.15, 0.2) is 0 Å². The number of nitrogens with one attached hydrogen (secondary N) is 2. The minimum Gasteiger partial charge on any atom is -0.355 e. The van der Waals surface area contributed by atoms with Crippen LogP contribution < -0.4 is 10.6 Å². The molecule has 4 amide bonds. The van der Waals surface area contributed by atoms with Crippen LogP contribution in [0.15, 0.2) is 0 Å². The standard InChI is InChI=1S/C19H30N4O6/c1-2-4-14-5-3-12-22(14)13-16(25)21-10-8-15(24)20-11-9-19(28)29-23-17(26)6-7-18(23)27/h14H,2-13H2,1H3,(H,20,24)(H,21,25)/i1+1D3,2+1D2,9+1,11+1,13+1,16+1,19+1,20+1,22+1. The highest BCUT2D eigenvalue weighted by Crippen LogP contribution is 2.20. The molecule has 0 saturated carbocycles. The van der Waals surface area contributed by atoms with Gasteiger partial charge in [-0.2, -0.15) is 0 Å². The van der Waals surface area contributed by atoms with E-state index in [0.717, 1.165) is 6.42 Å². The van der Waals surface area contributed by atoms with Gasteiger partial charge in [0.2, 0.25) is 11.8 Å². The van der Waals surface area contributed by atoms with E-state index in [1.54, 1.807) is 4.90 Å². The minimum absolute atomic E-state index is 0.00947. The van der Waals surface area contributed by atoms with Gasteiger partial charge in [-0.15, -0.1) is 5.06 Å². The molecule has 2 rings (SSSR count). The zero-order valence-corrected chi connectivity index (χ0v) is 16.2. The van der Waals surface area contributed by atoms with Gasteiger partial charge in [0.25, 0.3) is 11.8 Å². The Bertz CT molecular complexity index is 791. The molecule has 2 saturated heterocycles. The highest BCUT2D eigenvalue weighted by atomic mass is 16.8. The van der Waals surface area contributed by atoms with Crippen LogP contribution in [0, 0.1) is 0 Å². The number of amides is 4. The monoisotopic (exact) mass is 424 g/mol. The Balaban J connectivity index is 1.62. The topological polar surface area (TPSA) is 125 Å².